The molecule has 0 amide bonds. The van der Waals surface area contributed by atoms with Crippen molar-refractivity contribution in [2.24, 2.45) is 11.7 Å². The Bertz CT molecular complexity index is 362. The number of aromatic nitrogens is 2. The van der Waals surface area contributed by atoms with Crippen LogP contribution in [0.2, 0.25) is 0 Å². The quantitative estimate of drug-likeness (QED) is 0.846. The number of nitrogens with two attached hydrogens (primary N) is 1. The van der Waals surface area contributed by atoms with Gasteiger partial charge in [0.25, 0.3) is 0 Å². The Morgan fingerprint density at radius 3 is 2.53 bits per heavy atom. The second-order valence-electron chi connectivity index (χ2n) is 5.94. The van der Waals surface area contributed by atoms with Crippen molar-refractivity contribution in [1.82, 2.24) is 9.55 Å². The highest BCUT2D eigenvalue weighted by Crippen LogP contribution is 2.35. The van der Waals surface area contributed by atoms with E-state index in [1.807, 2.05) is 6.33 Å². The first-order valence-corrected chi connectivity index (χ1v) is 8.03. The molecular weight excluding hydrogens is 234 g/mol. The second-order valence-corrected chi connectivity index (χ2v) is 5.94. The molecule has 0 aromatic carbocycles. The summed E-state index contributed by atoms with van der Waals surface area (Å²) < 4.78 is 2.40. The number of hydrogen-bond acceptors (Lipinski definition) is 2. The summed E-state index contributed by atoms with van der Waals surface area (Å²) in [7, 11) is 0. The fourth-order valence-corrected chi connectivity index (χ4v) is 3.67. The molecule has 2 rings (SSSR count). The second kappa shape index (κ2) is 7.09. The van der Waals surface area contributed by atoms with E-state index in [1.54, 1.807) is 0 Å². The number of nitrogens with zero attached hydrogens (tertiary/aromatic N) is 2. The SMILES string of the molecule is CCC(CC)c1cncn1C(CN)C1CCCCC1. The van der Waals surface area contributed by atoms with Crippen molar-refractivity contribution in [2.75, 3.05) is 6.54 Å². The molecule has 1 fully saturated rings. The van der Waals surface area contributed by atoms with Crippen molar-refractivity contribution in [3.05, 3.63) is 18.2 Å². The predicted octanol–water partition coefficient (Wildman–Crippen LogP) is 3.87. The highest BCUT2D eigenvalue weighted by molar-refractivity contribution is 5.08. The Hall–Kier alpha value is -0.830. The molecule has 108 valence electrons. The van der Waals surface area contributed by atoms with Crippen LogP contribution in [-0.2, 0) is 0 Å². The molecule has 1 aromatic heterocycles. The smallest absolute Gasteiger partial charge is 0.0951 e. The highest BCUT2D eigenvalue weighted by atomic mass is 15.1. The lowest BCUT2D eigenvalue weighted by molar-refractivity contribution is 0.247. The molecule has 3 heteroatoms. The fourth-order valence-electron chi connectivity index (χ4n) is 3.67. The largest absolute Gasteiger partial charge is 0.330 e. The Morgan fingerprint density at radius 2 is 1.95 bits per heavy atom. The van der Waals surface area contributed by atoms with Gasteiger partial charge in [-0.15, -0.1) is 0 Å². The third-order valence-electron chi connectivity index (χ3n) is 4.89. The zero-order valence-corrected chi connectivity index (χ0v) is 12.5. The summed E-state index contributed by atoms with van der Waals surface area (Å²) in [4.78, 5) is 4.41. The molecule has 2 N–H and O–H groups in total. The van der Waals surface area contributed by atoms with Gasteiger partial charge in [-0.2, -0.15) is 0 Å². The van der Waals surface area contributed by atoms with Crippen LogP contribution in [0.25, 0.3) is 0 Å². The maximum atomic E-state index is 6.10. The van der Waals surface area contributed by atoms with E-state index in [4.69, 9.17) is 5.73 Å². The number of imidazole rings is 1. The van der Waals surface area contributed by atoms with Crippen LogP contribution in [0, 0.1) is 5.92 Å². The molecule has 0 spiro atoms. The molecule has 0 saturated heterocycles. The van der Waals surface area contributed by atoms with E-state index in [2.05, 4.69) is 29.6 Å². The van der Waals surface area contributed by atoms with Gasteiger partial charge >= 0.3 is 0 Å². The standard InChI is InChI=1S/C16H29N3/c1-3-13(4-2)16-11-18-12-19(16)15(10-17)14-8-6-5-7-9-14/h11-15H,3-10,17H2,1-2H3. The molecule has 1 atom stereocenters. The maximum absolute atomic E-state index is 6.10. The highest BCUT2D eigenvalue weighted by Gasteiger charge is 2.26. The van der Waals surface area contributed by atoms with E-state index >= 15 is 0 Å². The first-order chi connectivity index (χ1) is 9.31. The van der Waals surface area contributed by atoms with Crippen molar-refractivity contribution in [2.45, 2.75) is 70.8 Å². The minimum absolute atomic E-state index is 0.457. The summed E-state index contributed by atoms with van der Waals surface area (Å²) in [6.07, 6.45) is 13.3. The summed E-state index contributed by atoms with van der Waals surface area (Å²) in [5, 5.41) is 0. The lowest BCUT2D eigenvalue weighted by atomic mass is 9.83. The van der Waals surface area contributed by atoms with Crippen LogP contribution in [0.3, 0.4) is 0 Å². The van der Waals surface area contributed by atoms with Crippen LogP contribution < -0.4 is 5.73 Å². The van der Waals surface area contributed by atoms with Gasteiger partial charge in [-0.25, -0.2) is 4.98 Å². The molecule has 1 aliphatic rings. The zero-order valence-electron chi connectivity index (χ0n) is 12.5. The molecule has 1 aliphatic carbocycles. The minimum Gasteiger partial charge on any atom is -0.330 e. The Morgan fingerprint density at radius 1 is 1.26 bits per heavy atom. The third kappa shape index (κ3) is 3.19. The molecule has 1 aromatic rings. The Balaban J connectivity index is 2.20. The van der Waals surface area contributed by atoms with Gasteiger partial charge < -0.3 is 10.3 Å². The van der Waals surface area contributed by atoms with Crippen LogP contribution in [-0.4, -0.2) is 16.1 Å². The van der Waals surface area contributed by atoms with Crippen molar-refractivity contribution < 1.29 is 0 Å². The normalized spacial score (nSPS) is 18.9. The van der Waals surface area contributed by atoms with Crippen LogP contribution in [0.15, 0.2) is 12.5 Å². The Kier molecular flexibility index (Phi) is 5.44. The van der Waals surface area contributed by atoms with Gasteiger partial charge in [0.2, 0.25) is 0 Å². The van der Waals surface area contributed by atoms with E-state index in [0.29, 0.717) is 12.0 Å². The van der Waals surface area contributed by atoms with Crippen molar-refractivity contribution in [1.29, 1.82) is 0 Å². The van der Waals surface area contributed by atoms with Crippen molar-refractivity contribution in [3.8, 4) is 0 Å². The molecule has 0 radical (unpaired) electrons. The van der Waals surface area contributed by atoms with Gasteiger partial charge in [0.05, 0.1) is 6.33 Å². The van der Waals surface area contributed by atoms with Crippen LogP contribution in [0.5, 0.6) is 0 Å². The number of hydrogen-bond donors (Lipinski definition) is 1. The zero-order chi connectivity index (χ0) is 13.7. The third-order valence-corrected chi connectivity index (χ3v) is 4.89. The van der Waals surface area contributed by atoms with Crippen molar-refractivity contribution in [3.63, 3.8) is 0 Å². The molecule has 0 aliphatic heterocycles. The van der Waals surface area contributed by atoms with Gasteiger partial charge in [0.1, 0.15) is 0 Å². The number of rotatable bonds is 6. The fraction of sp³-hybridized carbons (Fsp3) is 0.812. The average molecular weight is 263 g/mol. The van der Waals surface area contributed by atoms with E-state index in [9.17, 15) is 0 Å². The summed E-state index contributed by atoms with van der Waals surface area (Å²) in [5.41, 5.74) is 7.49. The van der Waals surface area contributed by atoms with Gasteiger partial charge in [0, 0.05) is 30.4 Å². The average Bonchev–Trinajstić information content (AvgIpc) is 2.92. The molecule has 19 heavy (non-hydrogen) atoms. The Labute approximate surface area is 117 Å². The van der Waals surface area contributed by atoms with Gasteiger partial charge in [-0.1, -0.05) is 33.1 Å². The van der Waals surface area contributed by atoms with E-state index in [1.165, 1.54) is 50.6 Å². The van der Waals surface area contributed by atoms with E-state index in [0.717, 1.165) is 12.5 Å². The summed E-state index contributed by atoms with van der Waals surface area (Å²) in [5.74, 6) is 1.38. The lowest BCUT2D eigenvalue weighted by Crippen LogP contribution is -2.29. The molecule has 3 nitrogen and oxygen atoms in total. The van der Waals surface area contributed by atoms with Gasteiger partial charge in [-0.3, -0.25) is 0 Å². The van der Waals surface area contributed by atoms with E-state index < -0.39 is 0 Å². The summed E-state index contributed by atoms with van der Waals surface area (Å²) in [6.45, 7) is 5.28. The van der Waals surface area contributed by atoms with Gasteiger partial charge in [0.15, 0.2) is 0 Å². The van der Waals surface area contributed by atoms with Crippen molar-refractivity contribution >= 4 is 0 Å². The molecular formula is C16H29N3. The summed E-state index contributed by atoms with van der Waals surface area (Å²) in [6, 6.07) is 0.457. The molecule has 0 bridgehead atoms. The summed E-state index contributed by atoms with van der Waals surface area (Å²) >= 11 is 0. The lowest BCUT2D eigenvalue weighted by Gasteiger charge is -2.32. The molecule has 1 saturated carbocycles. The predicted molar refractivity (Wildman–Crippen MR) is 80.2 cm³/mol. The van der Waals surface area contributed by atoms with E-state index in [-0.39, 0.29) is 0 Å². The maximum Gasteiger partial charge on any atom is 0.0951 e. The van der Waals surface area contributed by atoms with Crippen LogP contribution in [0.4, 0.5) is 0 Å². The van der Waals surface area contributed by atoms with Gasteiger partial charge in [-0.05, 0) is 31.6 Å². The topological polar surface area (TPSA) is 43.8 Å². The first-order valence-electron chi connectivity index (χ1n) is 8.03. The van der Waals surface area contributed by atoms with Crippen LogP contribution in [0.1, 0.15) is 76.4 Å². The monoisotopic (exact) mass is 263 g/mol. The van der Waals surface area contributed by atoms with Crippen LogP contribution >= 0.6 is 0 Å². The molecule has 1 heterocycles. The minimum atomic E-state index is 0.457. The first kappa shape index (κ1) is 14.6. The molecule has 1 unspecified atom stereocenters.